The molecule has 0 unspecified atom stereocenters. The van der Waals surface area contributed by atoms with Gasteiger partial charge < -0.3 is 4.74 Å². The van der Waals surface area contributed by atoms with Crippen molar-refractivity contribution in [3.63, 3.8) is 0 Å². The number of H-pyrrole nitrogens is 1. The summed E-state index contributed by atoms with van der Waals surface area (Å²) in [6.45, 7) is 0. The number of aromatic nitrogens is 2. The Hall–Kier alpha value is -4.85. The molecule has 0 fully saturated rings. The van der Waals surface area contributed by atoms with E-state index in [-0.39, 0.29) is 5.56 Å². The molecule has 0 saturated heterocycles. The maximum absolute atomic E-state index is 13.1. The van der Waals surface area contributed by atoms with E-state index in [0.29, 0.717) is 27.9 Å². The summed E-state index contributed by atoms with van der Waals surface area (Å²) in [6, 6.07) is 24.9. The van der Waals surface area contributed by atoms with E-state index in [2.05, 4.69) is 25.5 Å². The molecule has 0 spiro atoms. The van der Waals surface area contributed by atoms with Crippen molar-refractivity contribution in [3.05, 3.63) is 112 Å². The van der Waals surface area contributed by atoms with Crippen LogP contribution in [0.2, 0.25) is 0 Å². The molecule has 8 heteroatoms. The lowest BCUT2D eigenvalue weighted by atomic mass is 9.95. The van der Waals surface area contributed by atoms with Crippen molar-refractivity contribution in [2.24, 2.45) is 5.10 Å². The third kappa shape index (κ3) is 4.81. The van der Waals surface area contributed by atoms with E-state index in [0.717, 1.165) is 5.56 Å². The Kier molecular flexibility index (Phi) is 6.69. The van der Waals surface area contributed by atoms with E-state index in [1.807, 2.05) is 60.7 Å². The minimum absolute atomic E-state index is 0.0988. The zero-order chi connectivity index (χ0) is 23.9. The second kappa shape index (κ2) is 10.2. The highest BCUT2D eigenvalue weighted by molar-refractivity contribution is 6.04. The fourth-order valence-electron chi connectivity index (χ4n) is 3.40. The predicted molar refractivity (Wildman–Crippen MR) is 129 cm³/mol. The summed E-state index contributed by atoms with van der Waals surface area (Å²) in [5.74, 6) is -1.13. The van der Waals surface area contributed by atoms with Gasteiger partial charge in [-0.25, -0.2) is 15.3 Å². The van der Waals surface area contributed by atoms with Gasteiger partial charge in [0.05, 0.1) is 24.6 Å². The molecule has 0 bridgehead atoms. The Morgan fingerprint density at radius 3 is 2.15 bits per heavy atom. The molecule has 0 aliphatic heterocycles. The molecule has 1 heterocycles. The lowest BCUT2D eigenvalue weighted by molar-refractivity contribution is 0.0600. The smallest absolute Gasteiger partial charge is 0.337 e. The van der Waals surface area contributed by atoms with Gasteiger partial charge in [-0.05, 0) is 23.3 Å². The first-order chi connectivity index (χ1) is 16.6. The number of aromatic amines is 1. The molecule has 1 amide bonds. The third-order valence-electron chi connectivity index (χ3n) is 5.03. The van der Waals surface area contributed by atoms with Crippen molar-refractivity contribution in [3.8, 4) is 22.4 Å². The number of nitrogens with zero attached hydrogens (tertiary/aromatic N) is 2. The number of hydrazone groups is 1. The maximum Gasteiger partial charge on any atom is 0.337 e. The Bertz CT molecular complexity index is 1400. The van der Waals surface area contributed by atoms with Crippen LogP contribution in [0.4, 0.5) is 0 Å². The summed E-state index contributed by atoms with van der Waals surface area (Å²) >= 11 is 0. The number of esters is 1. The van der Waals surface area contributed by atoms with Crippen LogP contribution in [0.5, 0.6) is 0 Å². The number of carbonyl (C=O) groups excluding carboxylic acids is 2. The fraction of sp³-hybridized carbons (Fsp3) is 0.0385. The number of rotatable bonds is 6. The molecule has 4 aromatic rings. The first-order valence-electron chi connectivity index (χ1n) is 10.3. The highest BCUT2D eigenvalue weighted by Gasteiger charge is 2.22. The van der Waals surface area contributed by atoms with Crippen LogP contribution in [0.25, 0.3) is 22.4 Å². The van der Waals surface area contributed by atoms with E-state index >= 15 is 0 Å². The van der Waals surface area contributed by atoms with E-state index in [4.69, 9.17) is 0 Å². The Morgan fingerprint density at radius 2 is 1.53 bits per heavy atom. The predicted octanol–water partition coefficient (Wildman–Crippen LogP) is 3.65. The van der Waals surface area contributed by atoms with Gasteiger partial charge in [0.1, 0.15) is 5.56 Å². The summed E-state index contributed by atoms with van der Waals surface area (Å²) in [4.78, 5) is 37.4. The number of methoxy groups -OCH3 is 1. The molecule has 0 aliphatic carbocycles. The lowest BCUT2D eigenvalue weighted by Gasteiger charge is -2.12. The topological polar surface area (TPSA) is 114 Å². The van der Waals surface area contributed by atoms with Crippen LogP contribution in [0, 0.1) is 0 Å². The Labute approximate surface area is 194 Å². The number of benzene rings is 3. The van der Waals surface area contributed by atoms with Gasteiger partial charge in [-0.15, -0.1) is 0 Å². The van der Waals surface area contributed by atoms with Crippen molar-refractivity contribution >= 4 is 18.1 Å². The molecule has 0 radical (unpaired) electrons. The number of hydrogen-bond acceptors (Lipinski definition) is 6. The number of nitrogens with one attached hydrogen (secondary N) is 2. The second-order valence-electron chi connectivity index (χ2n) is 7.20. The molecule has 34 heavy (non-hydrogen) atoms. The quantitative estimate of drug-likeness (QED) is 0.263. The van der Waals surface area contributed by atoms with E-state index < -0.39 is 17.4 Å². The fourth-order valence-corrected chi connectivity index (χ4v) is 3.40. The van der Waals surface area contributed by atoms with Gasteiger partial charge in [0.25, 0.3) is 11.5 Å². The summed E-state index contributed by atoms with van der Waals surface area (Å²) in [5, 5.41) is 10.6. The van der Waals surface area contributed by atoms with Gasteiger partial charge in [0, 0.05) is 11.1 Å². The molecule has 4 rings (SSSR count). The largest absolute Gasteiger partial charge is 0.465 e. The molecule has 0 atom stereocenters. The Morgan fingerprint density at radius 1 is 0.912 bits per heavy atom. The van der Waals surface area contributed by atoms with Gasteiger partial charge in [-0.3, -0.25) is 9.59 Å². The zero-order valence-corrected chi connectivity index (χ0v) is 18.2. The van der Waals surface area contributed by atoms with Gasteiger partial charge in [-0.1, -0.05) is 72.8 Å². The van der Waals surface area contributed by atoms with Crippen molar-refractivity contribution < 1.29 is 14.3 Å². The third-order valence-corrected chi connectivity index (χ3v) is 5.03. The highest BCUT2D eigenvalue weighted by Crippen LogP contribution is 2.31. The molecule has 168 valence electrons. The zero-order valence-electron chi connectivity index (χ0n) is 18.2. The first kappa shape index (κ1) is 22.3. The van der Waals surface area contributed by atoms with E-state index in [1.54, 1.807) is 24.3 Å². The lowest BCUT2D eigenvalue weighted by Crippen LogP contribution is -2.28. The van der Waals surface area contributed by atoms with Crippen LogP contribution in [-0.2, 0) is 4.74 Å². The Balaban J connectivity index is 1.68. The van der Waals surface area contributed by atoms with Crippen LogP contribution >= 0.6 is 0 Å². The van der Waals surface area contributed by atoms with Gasteiger partial charge in [0.15, 0.2) is 0 Å². The molecular weight excluding hydrogens is 432 g/mol. The summed E-state index contributed by atoms with van der Waals surface area (Å²) < 4.78 is 4.67. The molecule has 0 aliphatic rings. The molecule has 0 saturated carbocycles. The van der Waals surface area contributed by atoms with E-state index in [1.165, 1.54) is 13.3 Å². The van der Waals surface area contributed by atoms with Crippen LogP contribution < -0.4 is 11.0 Å². The number of hydrogen-bond donors (Lipinski definition) is 2. The van der Waals surface area contributed by atoms with Gasteiger partial charge in [-0.2, -0.15) is 10.2 Å². The summed E-state index contributed by atoms with van der Waals surface area (Å²) in [7, 11) is 1.31. The molecule has 2 N–H and O–H groups in total. The number of carbonyl (C=O) groups is 2. The average molecular weight is 452 g/mol. The van der Waals surface area contributed by atoms with Crippen LogP contribution in [-0.4, -0.2) is 35.4 Å². The van der Waals surface area contributed by atoms with Gasteiger partial charge in [0.2, 0.25) is 0 Å². The standard InChI is InChI=1S/C26H20N4O4/c1-34-26(33)20-14-12-17(13-15-20)16-27-29-24(31)22-21(18-8-4-2-5-9-18)23(28-30-25(22)32)19-10-6-3-7-11-19/h2-16H,1H3,(H,29,31)(H,30,32). The summed E-state index contributed by atoms with van der Waals surface area (Å²) in [5.41, 5.74) is 5.03. The monoisotopic (exact) mass is 452 g/mol. The van der Waals surface area contributed by atoms with Crippen molar-refractivity contribution in [2.45, 2.75) is 0 Å². The first-order valence-corrected chi connectivity index (χ1v) is 10.3. The van der Waals surface area contributed by atoms with Crippen LogP contribution in [0.15, 0.2) is 94.8 Å². The normalized spacial score (nSPS) is 10.7. The van der Waals surface area contributed by atoms with Crippen LogP contribution in [0.1, 0.15) is 26.3 Å². The molecule has 3 aromatic carbocycles. The molecule has 8 nitrogen and oxygen atoms in total. The van der Waals surface area contributed by atoms with E-state index in [9.17, 15) is 14.4 Å². The number of ether oxygens (including phenoxy) is 1. The summed E-state index contributed by atoms with van der Waals surface area (Å²) in [6.07, 6.45) is 1.41. The van der Waals surface area contributed by atoms with Crippen molar-refractivity contribution in [2.75, 3.05) is 7.11 Å². The van der Waals surface area contributed by atoms with Crippen LogP contribution in [0.3, 0.4) is 0 Å². The minimum atomic E-state index is -0.679. The second-order valence-corrected chi connectivity index (χ2v) is 7.20. The highest BCUT2D eigenvalue weighted by atomic mass is 16.5. The molecule has 1 aromatic heterocycles. The van der Waals surface area contributed by atoms with Crippen molar-refractivity contribution in [1.29, 1.82) is 0 Å². The SMILES string of the molecule is COC(=O)c1ccc(C=NNC(=O)c2c(-c3ccccc3)c(-c3ccccc3)n[nH]c2=O)cc1. The van der Waals surface area contributed by atoms with Crippen molar-refractivity contribution in [1.82, 2.24) is 15.6 Å². The van der Waals surface area contributed by atoms with Gasteiger partial charge >= 0.3 is 5.97 Å². The maximum atomic E-state index is 13.1. The average Bonchev–Trinajstić information content (AvgIpc) is 2.89. The molecular formula is C26H20N4O4. The number of amides is 1. The minimum Gasteiger partial charge on any atom is -0.465 e.